The number of hydrazone groups is 1. The van der Waals surface area contributed by atoms with Crippen LogP contribution in [0, 0.1) is 5.41 Å². The van der Waals surface area contributed by atoms with Crippen LogP contribution in [0.25, 0.3) is 10.9 Å². The molecule has 174 valence electrons. The Morgan fingerprint density at radius 3 is 2.71 bits per heavy atom. The lowest BCUT2D eigenvalue weighted by Gasteiger charge is -2.30. The molecule has 3 aromatic rings. The van der Waals surface area contributed by atoms with Gasteiger partial charge in [-0.1, -0.05) is 24.3 Å². The number of aromatic nitrogens is 1. The summed E-state index contributed by atoms with van der Waals surface area (Å²) >= 11 is 1.46. The van der Waals surface area contributed by atoms with Crippen molar-refractivity contribution < 1.29 is 14.3 Å². The highest BCUT2D eigenvalue weighted by Gasteiger charge is 2.50. The number of para-hydroxylation sites is 1. The van der Waals surface area contributed by atoms with Gasteiger partial charge in [-0.05, 0) is 48.0 Å². The van der Waals surface area contributed by atoms with Crippen LogP contribution in [0.5, 0.6) is 11.5 Å². The molecule has 2 aliphatic heterocycles. The molecule has 0 saturated carbocycles. The van der Waals surface area contributed by atoms with Gasteiger partial charge in [-0.25, -0.2) is 4.98 Å². The summed E-state index contributed by atoms with van der Waals surface area (Å²) in [4.78, 5) is 17.2. The lowest BCUT2D eigenvalue weighted by molar-refractivity contribution is -0.113. The fourth-order valence-corrected chi connectivity index (χ4v) is 5.84. The van der Waals surface area contributed by atoms with Crippen molar-refractivity contribution in [2.75, 3.05) is 12.8 Å². The van der Waals surface area contributed by atoms with E-state index in [4.69, 9.17) is 15.2 Å². The number of primary amides is 1. The zero-order valence-electron chi connectivity index (χ0n) is 19.0. The van der Waals surface area contributed by atoms with Crippen molar-refractivity contribution in [3.63, 3.8) is 0 Å². The van der Waals surface area contributed by atoms with Crippen LogP contribution in [0.4, 0.5) is 0 Å². The molecular formula is C27H22N4O3S. The van der Waals surface area contributed by atoms with Crippen molar-refractivity contribution in [3.8, 4) is 11.5 Å². The monoisotopic (exact) mass is 482 g/mol. The Balaban J connectivity index is 1.18. The molecule has 35 heavy (non-hydrogen) atoms. The number of rotatable bonds is 6. The molecule has 0 bridgehead atoms. The van der Waals surface area contributed by atoms with Crippen molar-refractivity contribution >= 4 is 34.8 Å². The summed E-state index contributed by atoms with van der Waals surface area (Å²) in [7, 11) is 1.89. The minimum atomic E-state index is -0.427. The highest BCUT2D eigenvalue weighted by molar-refractivity contribution is 8.04. The third-order valence-electron chi connectivity index (χ3n) is 6.32. The van der Waals surface area contributed by atoms with Crippen LogP contribution in [-0.2, 0) is 11.4 Å². The van der Waals surface area contributed by atoms with Gasteiger partial charge in [0.15, 0.2) is 0 Å². The number of amides is 1. The maximum atomic E-state index is 12.0. The number of thioether (sulfide) groups is 1. The van der Waals surface area contributed by atoms with E-state index in [1.807, 2.05) is 91.1 Å². The molecule has 7 nitrogen and oxygen atoms in total. The summed E-state index contributed by atoms with van der Waals surface area (Å²) in [5.41, 5.74) is 8.85. The van der Waals surface area contributed by atoms with E-state index >= 15 is 0 Å². The van der Waals surface area contributed by atoms with E-state index in [1.165, 1.54) is 11.8 Å². The molecule has 0 fully saturated rings. The van der Waals surface area contributed by atoms with Gasteiger partial charge in [0.1, 0.15) is 23.9 Å². The van der Waals surface area contributed by atoms with Gasteiger partial charge in [0.2, 0.25) is 0 Å². The Labute approximate surface area is 206 Å². The third-order valence-corrected chi connectivity index (χ3v) is 7.63. The van der Waals surface area contributed by atoms with Gasteiger partial charge in [-0.2, -0.15) is 5.10 Å². The molecule has 0 radical (unpaired) electrons. The average Bonchev–Trinajstić information content (AvgIpc) is 3.41. The van der Waals surface area contributed by atoms with Crippen molar-refractivity contribution in [2.45, 2.75) is 6.61 Å². The Bertz CT molecular complexity index is 1480. The number of allylic oxidation sites excluding steroid dienone is 3. The fraction of sp³-hybridized carbons (Fsp3) is 0.148. The van der Waals surface area contributed by atoms with E-state index in [2.05, 4.69) is 10.1 Å². The lowest BCUT2D eigenvalue weighted by Crippen LogP contribution is -2.31. The van der Waals surface area contributed by atoms with Gasteiger partial charge < -0.3 is 15.2 Å². The second-order valence-electron chi connectivity index (χ2n) is 8.57. The van der Waals surface area contributed by atoms with Gasteiger partial charge in [0.05, 0.1) is 27.2 Å². The zero-order chi connectivity index (χ0) is 24.0. The van der Waals surface area contributed by atoms with E-state index < -0.39 is 11.3 Å². The summed E-state index contributed by atoms with van der Waals surface area (Å²) in [6, 6.07) is 19.5. The number of carbonyl (C=O) groups is 1. The Morgan fingerprint density at radius 1 is 1.09 bits per heavy atom. The summed E-state index contributed by atoms with van der Waals surface area (Å²) in [5.74, 6) is 2.27. The molecular weight excluding hydrogens is 460 g/mol. The molecule has 8 heteroatoms. The number of ether oxygens (including phenoxy) is 2. The summed E-state index contributed by atoms with van der Waals surface area (Å²) in [5, 5.41) is 7.37. The number of hydrogen-bond acceptors (Lipinski definition) is 7. The van der Waals surface area contributed by atoms with E-state index in [-0.39, 0.29) is 0 Å². The second kappa shape index (κ2) is 8.32. The molecule has 2 N–H and O–H groups in total. The molecule has 1 spiro atoms. The van der Waals surface area contributed by atoms with Crippen LogP contribution in [0.3, 0.4) is 0 Å². The number of pyridine rings is 1. The topological polar surface area (TPSA) is 90.0 Å². The maximum Gasteiger partial charge on any atom is 0.255 e. The fourth-order valence-electron chi connectivity index (χ4n) is 4.55. The minimum Gasteiger partial charge on any atom is -0.487 e. The highest BCUT2D eigenvalue weighted by atomic mass is 32.2. The SMILES string of the molecule is CN1N=CC23CSC(C(N)=O)=C2C=C(Oc2ccc(OCc4ccc5ccccc5n4)cc2)C=C13. The number of hydrogen-bond donors (Lipinski definition) is 1. The van der Waals surface area contributed by atoms with Crippen LogP contribution in [0.1, 0.15) is 5.69 Å². The van der Waals surface area contributed by atoms with Gasteiger partial charge in [-0.3, -0.25) is 9.80 Å². The molecule has 1 amide bonds. The van der Waals surface area contributed by atoms with E-state index in [9.17, 15) is 4.79 Å². The first-order valence-corrected chi connectivity index (χ1v) is 12.2. The van der Waals surface area contributed by atoms with Crippen LogP contribution >= 0.6 is 11.8 Å². The van der Waals surface area contributed by atoms with Crippen LogP contribution in [0.15, 0.2) is 99.9 Å². The van der Waals surface area contributed by atoms with Gasteiger partial charge in [-0.15, -0.1) is 11.8 Å². The molecule has 0 saturated heterocycles. The normalized spacial score (nSPS) is 20.4. The van der Waals surface area contributed by atoms with E-state index in [0.717, 1.165) is 33.6 Å². The first-order valence-electron chi connectivity index (χ1n) is 11.2. The van der Waals surface area contributed by atoms with Crippen LogP contribution < -0.4 is 15.2 Å². The first kappa shape index (κ1) is 21.5. The zero-order valence-corrected chi connectivity index (χ0v) is 19.8. The predicted octanol–water partition coefficient (Wildman–Crippen LogP) is 4.38. The summed E-state index contributed by atoms with van der Waals surface area (Å²) in [6.45, 7) is 0.373. The third kappa shape index (κ3) is 3.76. The largest absolute Gasteiger partial charge is 0.487 e. The minimum absolute atomic E-state index is 0.373. The highest BCUT2D eigenvalue weighted by Crippen LogP contribution is 2.54. The molecule has 3 aliphatic rings. The second-order valence-corrected chi connectivity index (χ2v) is 9.55. The number of nitrogens with zero attached hydrogens (tertiary/aromatic N) is 3. The van der Waals surface area contributed by atoms with Crippen molar-refractivity contribution in [1.29, 1.82) is 0 Å². The van der Waals surface area contributed by atoms with E-state index in [1.54, 1.807) is 0 Å². The molecule has 2 aromatic carbocycles. The number of carbonyl (C=O) groups excluding carboxylic acids is 1. The molecule has 1 unspecified atom stereocenters. The average molecular weight is 483 g/mol. The Morgan fingerprint density at radius 2 is 1.89 bits per heavy atom. The summed E-state index contributed by atoms with van der Waals surface area (Å²) < 4.78 is 12.1. The van der Waals surface area contributed by atoms with Gasteiger partial charge in [0, 0.05) is 30.5 Å². The summed E-state index contributed by atoms with van der Waals surface area (Å²) in [6.07, 6.45) is 5.75. The molecule has 1 aromatic heterocycles. The predicted molar refractivity (Wildman–Crippen MR) is 137 cm³/mol. The molecule has 6 rings (SSSR count). The Kier molecular flexibility index (Phi) is 5.11. The maximum absolute atomic E-state index is 12.0. The van der Waals surface area contributed by atoms with Crippen molar-refractivity contribution in [1.82, 2.24) is 9.99 Å². The van der Waals surface area contributed by atoms with Crippen LogP contribution in [-0.4, -0.2) is 34.9 Å². The molecule has 1 atom stereocenters. The number of fused-ring (bicyclic) bond motifs is 1. The van der Waals surface area contributed by atoms with Crippen molar-refractivity contribution in [3.05, 3.63) is 100 Å². The van der Waals surface area contributed by atoms with Crippen molar-refractivity contribution in [2.24, 2.45) is 16.3 Å². The van der Waals surface area contributed by atoms with Gasteiger partial charge >= 0.3 is 0 Å². The van der Waals surface area contributed by atoms with Crippen LogP contribution in [0.2, 0.25) is 0 Å². The quantitative estimate of drug-likeness (QED) is 0.561. The lowest BCUT2D eigenvalue weighted by atomic mass is 9.77. The number of benzene rings is 2. The Hall–Kier alpha value is -4.04. The standard InChI is InChI=1S/C27H22N4O3S/c1-31-24-13-21(12-22-25(26(28)32)35-16-27(22,24)15-29-31)34-20-10-8-19(9-11-20)33-14-18-7-6-17-4-2-3-5-23(17)30-18/h2-13,15H,14,16H2,1H3,(H2,28,32). The smallest absolute Gasteiger partial charge is 0.255 e. The molecule has 1 aliphatic carbocycles. The van der Waals surface area contributed by atoms with E-state index in [0.29, 0.717) is 28.8 Å². The number of nitrogens with two attached hydrogens (primary N) is 1. The first-order chi connectivity index (χ1) is 17.0. The van der Waals surface area contributed by atoms with Gasteiger partial charge in [0.25, 0.3) is 5.91 Å². The molecule has 3 heterocycles.